The van der Waals surface area contributed by atoms with Gasteiger partial charge in [0.25, 0.3) is 0 Å². The molecule has 19 heavy (non-hydrogen) atoms. The first-order valence-electron chi connectivity index (χ1n) is 6.46. The second-order valence-electron chi connectivity index (χ2n) is 5.41. The number of carbonyl (C=O) groups excluding carboxylic acids is 1. The molecule has 5 heteroatoms. The van der Waals surface area contributed by atoms with E-state index in [1.807, 2.05) is 4.90 Å². The fraction of sp³-hybridized carbons (Fsp3) is 0.500. The highest BCUT2D eigenvalue weighted by Crippen LogP contribution is 2.26. The lowest BCUT2D eigenvalue weighted by Crippen LogP contribution is -2.44. The number of urea groups is 1. The predicted molar refractivity (Wildman–Crippen MR) is 80.0 cm³/mol. The number of piperidine rings is 1. The lowest BCUT2D eigenvalue weighted by Gasteiger charge is -2.34. The third-order valence-electron chi connectivity index (χ3n) is 3.33. The maximum Gasteiger partial charge on any atom is 0.321 e. The van der Waals surface area contributed by atoms with Crippen molar-refractivity contribution in [3.05, 3.63) is 28.2 Å². The monoisotopic (exact) mass is 300 g/mol. The van der Waals surface area contributed by atoms with E-state index < -0.39 is 0 Å². The molecule has 1 aliphatic rings. The van der Waals surface area contributed by atoms with Crippen molar-refractivity contribution >= 4 is 34.9 Å². The van der Waals surface area contributed by atoms with Gasteiger partial charge in [0, 0.05) is 18.8 Å². The molecule has 104 valence electrons. The lowest BCUT2D eigenvalue weighted by atomic mass is 9.92. The van der Waals surface area contributed by atoms with Gasteiger partial charge in [-0.15, -0.1) is 0 Å². The zero-order valence-electron chi connectivity index (χ0n) is 11.1. The highest BCUT2D eigenvalue weighted by atomic mass is 35.5. The van der Waals surface area contributed by atoms with Crippen molar-refractivity contribution in [3.63, 3.8) is 0 Å². The molecule has 1 aromatic rings. The second-order valence-corrected chi connectivity index (χ2v) is 6.22. The highest BCUT2D eigenvalue weighted by Gasteiger charge is 2.25. The van der Waals surface area contributed by atoms with E-state index in [9.17, 15) is 4.79 Å². The molecule has 0 aliphatic carbocycles. The number of hydrogen-bond acceptors (Lipinski definition) is 1. The van der Waals surface area contributed by atoms with Crippen LogP contribution in [0.2, 0.25) is 10.0 Å². The molecule has 1 fully saturated rings. The number of halogens is 2. The molecular formula is C14H18Cl2N2O. The standard InChI is InChI=1S/C14H18Cl2N2O/c1-9-5-10(2)8-18(7-9)14(19)17-11-3-4-12(15)13(16)6-11/h3-4,6,9-10H,5,7-8H2,1-2H3,(H,17,19)/t9-,10+. The van der Waals surface area contributed by atoms with Crippen LogP contribution in [0.25, 0.3) is 0 Å². The molecular weight excluding hydrogens is 283 g/mol. The molecule has 1 saturated heterocycles. The number of benzene rings is 1. The van der Waals surface area contributed by atoms with E-state index in [2.05, 4.69) is 19.2 Å². The van der Waals surface area contributed by atoms with Crippen LogP contribution in [0.3, 0.4) is 0 Å². The van der Waals surface area contributed by atoms with Gasteiger partial charge in [0.1, 0.15) is 0 Å². The summed E-state index contributed by atoms with van der Waals surface area (Å²) in [6.45, 7) is 5.96. The van der Waals surface area contributed by atoms with E-state index in [1.54, 1.807) is 18.2 Å². The first-order valence-corrected chi connectivity index (χ1v) is 7.22. The van der Waals surface area contributed by atoms with Crippen LogP contribution in [-0.2, 0) is 0 Å². The summed E-state index contributed by atoms with van der Waals surface area (Å²) in [5.41, 5.74) is 0.672. The molecule has 0 bridgehead atoms. The Morgan fingerprint density at radius 3 is 2.42 bits per heavy atom. The van der Waals surface area contributed by atoms with Crippen molar-refractivity contribution in [1.29, 1.82) is 0 Å². The largest absolute Gasteiger partial charge is 0.324 e. The zero-order chi connectivity index (χ0) is 14.0. The highest BCUT2D eigenvalue weighted by molar-refractivity contribution is 6.42. The van der Waals surface area contributed by atoms with E-state index in [0.717, 1.165) is 13.1 Å². The lowest BCUT2D eigenvalue weighted by molar-refractivity contribution is 0.156. The van der Waals surface area contributed by atoms with Crippen LogP contribution in [0, 0.1) is 11.8 Å². The number of nitrogens with one attached hydrogen (secondary N) is 1. The van der Waals surface area contributed by atoms with Crippen LogP contribution in [0.1, 0.15) is 20.3 Å². The Labute approximate surface area is 123 Å². The summed E-state index contributed by atoms with van der Waals surface area (Å²) in [4.78, 5) is 14.1. The Morgan fingerprint density at radius 1 is 1.21 bits per heavy atom. The zero-order valence-corrected chi connectivity index (χ0v) is 12.6. The molecule has 2 amide bonds. The van der Waals surface area contributed by atoms with Gasteiger partial charge in [-0.25, -0.2) is 4.79 Å². The van der Waals surface area contributed by atoms with E-state index in [0.29, 0.717) is 27.6 Å². The van der Waals surface area contributed by atoms with Gasteiger partial charge in [0.2, 0.25) is 0 Å². The Morgan fingerprint density at radius 2 is 1.84 bits per heavy atom. The summed E-state index contributed by atoms with van der Waals surface area (Å²) in [6, 6.07) is 5.03. The fourth-order valence-electron chi connectivity index (χ4n) is 2.61. The summed E-state index contributed by atoms with van der Waals surface area (Å²) >= 11 is 11.8. The third-order valence-corrected chi connectivity index (χ3v) is 4.07. The van der Waals surface area contributed by atoms with Crippen LogP contribution in [0.4, 0.5) is 10.5 Å². The Balaban J connectivity index is 2.02. The third kappa shape index (κ3) is 3.77. The van der Waals surface area contributed by atoms with Crippen molar-refractivity contribution in [3.8, 4) is 0 Å². The molecule has 1 aromatic carbocycles. The first kappa shape index (κ1) is 14.5. The van der Waals surface area contributed by atoms with Crippen LogP contribution in [0.15, 0.2) is 18.2 Å². The van der Waals surface area contributed by atoms with E-state index in [1.165, 1.54) is 6.42 Å². The minimum Gasteiger partial charge on any atom is -0.324 e. The number of hydrogen-bond donors (Lipinski definition) is 1. The maximum atomic E-state index is 12.2. The Hall–Kier alpha value is -0.930. The molecule has 0 saturated carbocycles. The van der Waals surface area contributed by atoms with Crippen LogP contribution >= 0.6 is 23.2 Å². The molecule has 3 nitrogen and oxygen atoms in total. The summed E-state index contributed by atoms with van der Waals surface area (Å²) in [5, 5.41) is 3.79. The van der Waals surface area contributed by atoms with Gasteiger partial charge >= 0.3 is 6.03 Å². The normalized spacial score (nSPS) is 23.3. The van der Waals surface area contributed by atoms with Crippen LogP contribution in [-0.4, -0.2) is 24.0 Å². The molecule has 2 atom stereocenters. The molecule has 2 rings (SSSR count). The maximum absolute atomic E-state index is 12.2. The Bertz CT molecular complexity index is 469. The number of amides is 2. The van der Waals surface area contributed by atoms with Gasteiger partial charge in [-0.2, -0.15) is 0 Å². The summed E-state index contributed by atoms with van der Waals surface area (Å²) in [6.07, 6.45) is 1.18. The van der Waals surface area contributed by atoms with Crippen molar-refractivity contribution in [2.45, 2.75) is 20.3 Å². The Kier molecular flexibility index (Phi) is 4.58. The number of anilines is 1. The quantitative estimate of drug-likeness (QED) is 0.813. The minimum absolute atomic E-state index is 0.0724. The van der Waals surface area contributed by atoms with Crippen LogP contribution in [0.5, 0.6) is 0 Å². The van der Waals surface area contributed by atoms with Crippen LogP contribution < -0.4 is 5.32 Å². The van der Waals surface area contributed by atoms with E-state index in [-0.39, 0.29) is 6.03 Å². The van der Waals surface area contributed by atoms with Crippen molar-refractivity contribution in [2.24, 2.45) is 11.8 Å². The number of rotatable bonds is 1. The number of carbonyl (C=O) groups is 1. The first-order chi connectivity index (χ1) is 8.95. The van der Waals surface area contributed by atoms with Gasteiger partial charge in [0.05, 0.1) is 10.0 Å². The topological polar surface area (TPSA) is 32.3 Å². The molecule has 1 N–H and O–H groups in total. The summed E-state index contributed by atoms with van der Waals surface area (Å²) < 4.78 is 0. The van der Waals surface area contributed by atoms with Crippen molar-refractivity contribution in [1.82, 2.24) is 4.90 Å². The van der Waals surface area contributed by atoms with Gasteiger partial charge in [-0.1, -0.05) is 37.0 Å². The molecule has 0 unspecified atom stereocenters. The smallest absolute Gasteiger partial charge is 0.321 e. The van der Waals surface area contributed by atoms with Crippen molar-refractivity contribution < 1.29 is 4.79 Å². The molecule has 1 aliphatic heterocycles. The molecule has 0 radical (unpaired) electrons. The van der Waals surface area contributed by atoms with Crippen molar-refractivity contribution in [2.75, 3.05) is 18.4 Å². The van der Waals surface area contributed by atoms with Gasteiger partial charge < -0.3 is 10.2 Å². The van der Waals surface area contributed by atoms with E-state index in [4.69, 9.17) is 23.2 Å². The number of likely N-dealkylation sites (tertiary alicyclic amines) is 1. The minimum atomic E-state index is -0.0724. The SMILES string of the molecule is C[C@@H]1C[C@H](C)CN(C(=O)Nc2ccc(Cl)c(Cl)c2)C1. The predicted octanol–water partition coefficient (Wildman–Crippen LogP) is 4.50. The fourth-order valence-corrected chi connectivity index (χ4v) is 2.90. The van der Waals surface area contributed by atoms with Gasteiger partial charge in [-0.05, 0) is 36.5 Å². The van der Waals surface area contributed by atoms with Gasteiger partial charge in [0.15, 0.2) is 0 Å². The molecule has 0 spiro atoms. The average molecular weight is 301 g/mol. The molecule has 0 aromatic heterocycles. The summed E-state index contributed by atoms with van der Waals surface area (Å²) in [7, 11) is 0. The molecule has 1 heterocycles. The average Bonchev–Trinajstić information content (AvgIpc) is 2.32. The summed E-state index contributed by atoms with van der Waals surface area (Å²) in [5.74, 6) is 1.09. The van der Waals surface area contributed by atoms with Gasteiger partial charge in [-0.3, -0.25) is 0 Å². The second kappa shape index (κ2) is 6.02. The number of nitrogens with zero attached hydrogens (tertiary/aromatic N) is 1. The van der Waals surface area contributed by atoms with E-state index >= 15 is 0 Å².